The molecule has 220 valence electrons. The first-order valence-electron chi connectivity index (χ1n) is 13.7. The quantitative estimate of drug-likeness (QED) is 0.326. The number of rotatable bonds is 7. The Labute approximate surface area is 242 Å². The number of benzene rings is 2. The molecule has 9 nitrogen and oxygen atoms in total. The molecule has 2 saturated heterocycles. The average molecular weight is 598 g/mol. The second-order valence-corrected chi connectivity index (χ2v) is 11.9. The van der Waals surface area contributed by atoms with Crippen molar-refractivity contribution in [3.05, 3.63) is 84.1 Å². The maximum absolute atomic E-state index is 16.4. The average Bonchev–Trinajstić information content (AvgIpc) is 3.67. The summed E-state index contributed by atoms with van der Waals surface area (Å²) in [6.07, 6.45) is 2.53. The second-order valence-electron chi connectivity index (χ2n) is 10.4. The standard InChI is InChI=1S/C29H30F3N7O2S/c30-27-23(16-20(29(31)32)17-24(27)26-2-1-13-39(26)42(33,40)41)25-18-38(36-28(25)19-7-9-34-10-8-19)22-5-3-21(4-6-22)37-14-11-35-12-15-37/h3-10,16-18,26,29,35H,1-2,11-15H2,(H2,33,40,41). The van der Waals surface area contributed by atoms with E-state index in [9.17, 15) is 17.2 Å². The van der Waals surface area contributed by atoms with Gasteiger partial charge in [0.1, 0.15) is 11.5 Å². The Balaban J connectivity index is 1.48. The van der Waals surface area contributed by atoms with Gasteiger partial charge in [-0.1, -0.05) is 0 Å². The van der Waals surface area contributed by atoms with Gasteiger partial charge in [0.05, 0.1) is 11.7 Å². The van der Waals surface area contributed by atoms with Gasteiger partial charge >= 0.3 is 0 Å². The predicted octanol–water partition coefficient (Wildman–Crippen LogP) is 4.43. The largest absolute Gasteiger partial charge is 0.369 e. The van der Waals surface area contributed by atoms with E-state index < -0.39 is 34.1 Å². The molecular formula is C29H30F3N7O2S. The van der Waals surface area contributed by atoms with E-state index in [0.717, 1.165) is 48.3 Å². The van der Waals surface area contributed by atoms with Gasteiger partial charge in [-0.15, -0.1) is 0 Å². The molecule has 0 radical (unpaired) electrons. The number of hydrogen-bond donors (Lipinski definition) is 2. The van der Waals surface area contributed by atoms with Gasteiger partial charge in [-0.05, 0) is 61.4 Å². The highest BCUT2D eigenvalue weighted by atomic mass is 32.2. The topological polar surface area (TPSA) is 109 Å². The molecule has 42 heavy (non-hydrogen) atoms. The van der Waals surface area contributed by atoms with Crippen LogP contribution in [0.25, 0.3) is 28.1 Å². The summed E-state index contributed by atoms with van der Waals surface area (Å²) in [5.74, 6) is -0.788. The molecule has 2 aliphatic heterocycles. The maximum atomic E-state index is 16.4. The van der Waals surface area contributed by atoms with Crippen LogP contribution in [0.4, 0.5) is 18.9 Å². The lowest BCUT2D eigenvalue weighted by Gasteiger charge is -2.29. The molecular weight excluding hydrogens is 567 g/mol. The number of halogens is 3. The number of piperazine rings is 1. The Morgan fingerprint density at radius 3 is 2.31 bits per heavy atom. The molecule has 2 aliphatic rings. The molecule has 13 heteroatoms. The smallest absolute Gasteiger partial charge is 0.277 e. The molecule has 1 unspecified atom stereocenters. The lowest BCUT2D eigenvalue weighted by atomic mass is 9.93. The summed E-state index contributed by atoms with van der Waals surface area (Å²) in [6.45, 7) is 3.68. The zero-order valence-corrected chi connectivity index (χ0v) is 23.4. The van der Waals surface area contributed by atoms with E-state index in [2.05, 4.69) is 15.2 Å². The highest BCUT2D eigenvalue weighted by molar-refractivity contribution is 7.86. The molecule has 0 spiro atoms. The fourth-order valence-corrected chi connectivity index (χ4v) is 6.71. The second kappa shape index (κ2) is 11.5. The highest BCUT2D eigenvalue weighted by Crippen LogP contribution is 2.42. The van der Waals surface area contributed by atoms with Crippen LogP contribution < -0.4 is 15.4 Å². The van der Waals surface area contributed by atoms with Crippen LogP contribution in [0, 0.1) is 5.82 Å². The first-order chi connectivity index (χ1) is 20.2. The summed E-state index contributed by atoms with van der Waals surface area (Å²) in [7, 11) is -4.17. The normalized spacial score (nSPS) is 18.2. The number of anilines is 1. The van der Waals surface area contributed by atoms with Crippen molar-refractivity contribution in [3.63, 3.8) is 0 Å². The van der Waals surface area contributed by atoms with Gasteiger partial charge in [-0.3, -0.25) is 4.98 Å². The fourth-order valence-electron chi connectivity index (χ4n) is 5.76. The van der Waals surface area contributed by atoms with Crippen molar-refractivity contribution in [1.82, 2.24) is 24.4 Å². The van der Waals surface area contributed by atoms with E-state index in [1.807, 2.05) is 24.3 Å². The minimum absolute atomic E-state index is 0.0846. The molecule has 4 aromatic rings. The lowest BCUT2D eigenvalue weighted by Crippen LogP contribution is -2.43. The Bertz CT molecular complexity index is 1680. The molecule has 2 fully saturated rings. The maximum Gasteiger partial charge on any atom is 0.277 e. The zero-order chi connectivity index (χ0) is 29.4. The minimum atomic E-state index is -4.17. The number of hydrogen-bond acceptors (Lipinski definition) is 6. The van der Waals surface area contributed by atoms with Crippen LogP contribution in [0.15, 0.2) is 67.1 Å². The van der Waals surface area contributed by atoms with Crippen LogP contribution in [0.2, 0.25) is 0 Å². The van der Waals surface area contributed by atoms with E-state index in [0.29, 0.717) is 23.4 Å². The Morgan fingerprint density at radius 2 is 1.64 bits per heavy atom. The Morgan fingerprint density at radius 1 is 0.952 bits per heavy atom. The van der Waals surface area contributed by atoms with Gasteiger partial charge in [-0.2, -0.15) is 17.8 Å². The van der Waals surface area contributed by atoms with Crippen LogP contribution in [-0.2, 0) is 10.2 Å². The van der Waals surface area contributed by atoms with E-state index in [1.54, 1.807) is 35.4 Å². The first kappa shape index (κ1) is 28.3. The third-order valence-corrected chi connectivity index (χ3v) is 8.91. The van der Waals surface area contributed by atoms with Crippen molar-refractivity contribution in [2.75, 3.05) is 37.6 Å². The molecule has 2 aromatic heterocycles. The fraction of sp³-hybridized carbons (Fsp3) is 0.310. The van der Waals surface area contributed by atoms with E-state index in [1.165, 1.54) is 0 Å². The Kier molecular flexibility index (Phi) is 7.75. The van der Waals surface area contributed by atoms with Crippen LogP contribution in [0.3, 0.4) is 0 Å². The van der Waals surface area contributed by atoms with Crippen molar-refractivity contribution in [2.24, 2.45) is 5.14 Å². The SMILES string of the molecule is NS(=O)(=O)N1CCCC1c1cc(C(F)F)cc(-c2cn(-c3ccc(N4CCNCC4)cc3)nc2-c2ccncc2)c1F. The molecule has 2 aromatic carbocycles. The van der Waals surface area contributed by atoms with Crippen molar-refractivity contribution in [2.45, 2.75) is 25.3 Å². The summed E-state index contributed by atoms with van der Waals surface area (Å²) < 4.78 is 71.8. The monoisotopic (exact) mass is 597 g/mol. The summed E-state index contributed by atoms with van der Waals surface area (Å²) >= 11 is 0. The molecule has 6 rings (SSSR count). The highest BCUT2D eigenvalue weighted by Gasteiger charge is 2.36. The van der Waals surface area contributed by atoms with E-state index in [4.69, 9.17) is 10.2 Å². The van der Waals surface area contributed by atoms with Gasteiger partial charge in [0, 0.05) is 84.8 Å². The molecule has 0 bridgehead atoms. The van der Waals surface area contributed by atoms with E-state index >= 15 is 4.39 Å². The van der Waals surface area contributed by atoms with Gasteiger partial charge in [0.2, 0.25) is 0 Å². The van der Waals surface area contributed by atoms with Crippen LogP contribution in [0.5, 0.6) is 0 Å². The zero-order valence-electron chi connectivity index (χ0n) is 22.6. The molecule has 0 amide bonds. The number of aromatic nitrogens is 3. The van der Waals surface area contributed by atoms with Crippen molar-refractivity contribution >= 4 is 15.9 Å². The Hall–Kier alpha value is -3.78. The van der Waals surface area contributed by atoms with Gasteiger partial charge in [-0.25, -0.2) is 23.0 Å². The van der Waals surface area contributed by atoms with Crippen molar-refractivity contribution < 1.29 is 21.6 Å². The molecule has 3 N–H and O–H groups in total. The molecule has 0 aliphatic carbocycles. The van der Waals surface area contributed by atoms with Crippen LogP contribution >= 0.6 is 0 Å². The number of nitrogens with zero attached hydrogens (tertiary/aromatic N) is 5. The minimum Gasteiger partial charge on any atom is -0.369 e. The number of pyridine rings is 1. The lowest BCUT2D eigenvalue weighted by molar-refractivity contribution is 0.151. The summed E-state index contributed by atoms with van der Waals surface area (Å²) in [5.41, 5.74) is 2.39. The van der Waals surface area contributed by atoms with Gasteiger partial charge in [0.15, 0.2) is 0 Å². The van der Waals surface area contributed by atoms with Crippen LogP contribution in [0.1, 0.15) is 36.4 Å². The van der Waals surface area contributed by atoms with Crippen LogP contribution in [-0.4, -0.2) is 60.2 Å². The van der Waals surface area contributed by atoms with Gasteiger partial charge < -0.3 is 10.2 Å². The first-order valence-corrected chi connectivity index (χ1v) is 15.2. The number of nitrogens with two attached hydrogens (primary N) is 1. The summed E-state index contributed by atoms with van der Waals surface area (Å²) in [5, 5.41) is 13.5. The third kappa shape index (κ3) is 5.52. The number of alkyl halides is 2. The predicted molar refractivity (Wildman–Crippen MR) is 154 cm³/mol. The molecule has 0 saturated carbocycles. The van der Waals surface area contributed by atoms with Crippen molar-refractivity contribution in [3.8, 4) is 28.1 Å². The van der Waals surface area contributed by atoms with Gasteiger partial charge in [0.25, 0.3) is 16.6 Å². The summed E-state index contributed by atoms with van der Waals surface area (Å²) in [4.78, 5) is 6.33. The molecule has 4 heterocycles. The summed E-state index contributed by atoms with van der Waals surface area (Å²) in [6, 6.07) is 12.4. The number of nitrogens with one attached hydrogen (secondary N) is 1. The van der Waals surface area contributed by atoms with E-state index in [-0.39, 0.29) is 29.7 Å². The third-order valence-electron chi connectivity index (χ3n) is 7.82. The molecule has 1 atom stereocenters. The van der Waals surface area contributed by atoms with Crippen molar-refractivity contribution in [1.29, 1.82) is 0 Å².